The number of alkyl carbamates (subject to hydrolysis) is 1. The van der Waals surface area contributed by atoms with E-state index < -0.39 is 18.1 Å². The van der Waals surface area contributed by atoms with Gasteiger partial charge >= 0.3 is 12.1 Å². The van der Waals surface area contributed by atoms with E-state index in [0.29, 0.717) is 5.56 Å². The third-order valence-electron chi connectivity index (χ3n) is 5.87. The normalized spacial score (nSPS) is 13.2. The monoisotopic (exact) mass is 493 g/mol. The molecular weight excluding hydrogens is 470 g/mol. The van der Waals surface area contributed by atoms with Crippen molar-refractivity contribution < 1.29 is 19.4 Å². The van der Waals surface area contributed by atoms with Gasteiger partial charge in [0.25, 0.3) is 0 Å². The number of amides is 1. The number of carbonyl (C=O) groups excluding carboxylic acids is 1. The molecule has 3 aromatic rings. The average Bonchev–Trinajstić information content (AvgIpc) is 3.10. The van der Waals surface area contributed by atoms with E-state index in [-0.39, 0.29) is 18.9 Å². The Bertz CT molecular complexity index is 1110. The maximum absolute atomic E-state index is 12.7. The van der Waals surface area contributed by atoms with Gasteiger partial charge in [-0.1, -0.05) is 83.5 Å². The molecule has 6 heteroatoms. The zero-order valence-electron chi connectivity index (χ0n) is 17.7. The molecule has 32 heavy (non-hydrogen) atoms. The quantitative estimate of drug-likeness (QED) is 0.418. The number of ether oxygens (including phenoxy) is 1. The first kappa shape index (κ1) is 22.1. The van der Waals surface area contributed by atoms with Crippen LogP contribution in [-0.4, -0.2) is 23.8 Å². The molecule has 4 rings (SSSR count). The second kappa shape index (κ2) is 9.57. The number of nitrogens with one attached hydrogen (secondary N) is 1. The van der Waals surface area contributed by atoms with Crippen molar-refractivity contribution in [1.82, 2.24) is 5.32 Å². The van der Waals surface area contributed by atoms with E-state index in [1.54, 1.807) is 0 Å². The number of aliphatic carboxylic acids is 1. The van der Waals surface area contributed by atoms with Crippen LogP contribution in [0.25, 0.3) is 11.1 Å². The molecule has 0 bridgehead atoms. The summed E-state index contributed by atoms with van der Waals surface area (Å²) in [7, 11) is 0. The molecule has 0 heterocycles. The third kappa shape index (κ3) is 4.55. The highest BCUT2D eigenvalue weighted by atomic mass is 79.9. The van der Waals surface area contributed by atoms with E-state index in [0.717, 1.165) is 38.7 Å². The molecule has 0 spiro atoms. The van der Waals surface area contributed by atoms with Crippen LogP contribution in [0.2, 0.25) is 0 Å². The number of benzene rings is 3. The molecule has 1 aliphatic rings. The minimum absolute atomic E-state index is 0.0518. The van der Waals surface area contributed by atoms with Crippen LogP contribution >= 0.6 is 15.9 Å². The Hall–Kier alpha value is -3.12. The number of aryl methyl sites for hydroxylation is 1. The van der Waals surface area contributed by atoms with Crippen molar-refractivity contribution in [2.45, 2.75) is 31.7 Å². The van der Waals surface area contributed by atoms with E-state index in [2.05, 4.69) is 45.5 Å². The number of carbonyl (C=O) groups is 2. The molecule has 1 amide bonds. The van der Waals surface area contributed by atoms with Crippen LogP contribution in [0.15, 0.2) is 71.2 Å². The number of fused-ring (bicyclic) bond motifs is 3. The summed E-state index contributed by atoms with van der Waals surface area (Å²) in [5.74, 6) is -1.05. The predicted molar refractivity (Wildman–Crippen MR) is 127 cm³/mol. The lowest BCUT2D eigenvalue weighted by atomic mass is 9.98. The van der Waals surface area contributed by atoms with Crippen LogP contribution < -0.4 is 5.32 Å². The zero-order chi connectivity index (χ0) is 22.7. The summed E-state index contributed by atoms with van der Waals surface area (Å²) in [6.07, 6.45) is -0.0133. The molecule has 0 aliphatic heterocycles. The fourth-order valence-electron chi connectivity index (χ4n) is 4.28. The summed E-state index contributed by atoms with van der Waals surface area (Å²) in [4.78, 5) is 24.1. The van der Waals surface area contributed by atoms with Gasteiger partial charge in [0.1, 0.15) is 6.61 Å². The van der Waals surface area contributed by atoms with Crippen LogP contribution in [0.3, 0.4) is 0 Å². The first-order valence-electron chi connectivity index (χ1n) is 10.6. The molecule has 5 nitrogen and oxygen atoms in total. The molecule has 164 valence electrons. The Kier molecular flexibility index (Phi) is 6.61. The SMILES string of the molecule is CCc1ccc(C(CC(=O)O)NC(=O)OCC2c3ccccc3-c3ccccc32)cc1Br. The molecular formula is C26H24BrNO4. The third-order valence-corrected chi connectivity index (χ3v) is 6.61. The lowest BCUT2D eigenvalue weighted by Gasteiger charge is -2.20. The van der Waals surface area contributed by atoms with E-state index in [4.69, 9.17) is 4.74 Å². The summed E-state index contributed by atoms with van der Waals surface area (Å²) in [6, 6.07) is 21.2. The summed E-state index contributed by atoms with van der Waals surface area (Å²) < 4.78 is 6.48. The van der Waals surface area contributed by atoms with Crippen molar-refractivity contribution in [2.24, 2.45) is 0 Å². The lowest BCUT2D eigenvalue weighted by molar-refractivity contribution is -0.137. The molecule has 0 saturated carbocycles. The van der Waals surface area contributed by atoms with Gasteiger partial charge in [-0.2, -0.15) is 0 Å². The molecule has 1 unspecified atom stereocenters. The maximum atomic E-state index is 12.7. The van der Waals surface area contributed by atoms with E-state index in [1.165, 1.54) is 0 Å². The number of hydrogen-bond acceptors (Lipinski definition) is 3. The van der Waals surface area contributed by atoms with Gasteiger partial charge in [-0.3, -0.25) is 4.79 Å². The second-order valence-corrected chi connectivity index (χ2v) is 8.68. The Labute approximate surface area is 195 Å². The van der Waals surface area contributed by atoms with Crippen LogP contribution in [0, 0.1) is 0 Å². The fourth-order valence-corrected chi connectivity index (χ4v) is 4.95. The highest BCUT2D eigenvalue weighted by Crippen LogP contribution is 2.44. The molecule has 2 N–H and O–H groups in total. The van der Waals surface area contributed by atoms with Crippen LogP contribution in [-0.2, 0) is 16.0 Å². The van der Waals surface area contributed by atoms with Gasteiger partial charge in [0, 0.05) is 10.4 Å². The van der Waals surface area contributed by atoms with Gasteiger partial charge in [0.2, 0.25) is 0 Å². The van der Waals surface area contributed by atoms with E-state index in [1.807, 2.05) is 49.4 Å². The second-order valence-electron chi connectivity index (χ2n) is 7.82. The molecule has 0 fully saturated rings. The van der Waals surface area contributed by atoms with Gasteiger partial charge in [0.15, 0.2) is 0 Å². The number of hydrogen-bond donors (Lipinski definition) is 2. The number of carboxylic acids is 1. The maximum Gasteiger partial charge on any atom is 0.407 e. The van der Waals surface area contributed by atoms with Crippen molar-refractivity contribution in [3.63, 3.8) is 0 Å². The Morgan fingerprint density at radius 1 is 1.03 bits per heavy atom. The molecule has 0 aromatic heterocycles. The van der Waals surface area contributed by atoms with Crippen LogP contribution in [0.1, 0.15) is 47.6 Å². The minimum Gasteiger partial charge on any atom is -0.481 e. The fraction of sp³-hybridized carbons (Fsp3) is 0.231. The van der Waals surface area contributed by atoms with Crippen LogP contribution in [0.4, 0.5) is 4.79 Å². The van der Waals surface area contributed by atoms with Crippen molar-refractivity contribution in [2.75, 3.05) is 6.61 Å². The summed E-state index contributed by atoms with van der Waals surface area (Å²) >= 11 is 3.52. The van der Waals surface area contributed by atoms with Crippen molar-refractivity contribution in [3.05, 3.63) is 93.5 Å². The van der Waals surface area contributed by atoms with Gasteiger partial charge in [-0.15, -0.1) is 0 Å². The average molecular weight is 494 g/mol. The topological polar surface area (TPSA) is 75.6 Å². The zero-order valence-corrected chi connectivity index (χ0v) is 19.3. The van der Waals surface area contributed by atoms with Gasteiger partial charge in [0.05, 0.1) is 12.5 Å². The first-order chi connectivity index (χ1) is 15.5. The summed E-state index contributed by atoms with van der Waals surface area (Å²) in [6.45, 7) is 2.22. The molecule has 3 aromatic carbocycles. The Morgan fingerprint density at radius 2 is 1.66 bits per heavy atom. The summed E-state index contributed by atoms with van der Waals surface area (Å²) in [5, 5.41) is 12.1. The lowest BCUT2D eigenvalue weighted by Crippen LogP contribution is -2.31. The van der Waals surface area contributed by atoms with Crippen molar-refractivity contribution in [3.8, 4) is 11.1 Å². The van der Waals surface area contributed by atoms with Gasteiger partial charge in [-0.05, 0) is 45.9 Å². The van der Waals surface area contributed by atoms with Gasteiger partial charge < -0.3 is 15.2 Å². The van der Waals surface area contributed by atoms with E-state index in [9.17, 15) is 14.7 Å². The van der Waals surface area contributed by atoms with Crippen LogP contribution in [0.5, 0.6) is 0 Å². The van der Waals surface area contributed by atoms with Crippen molar-refractivity contribution >= 4 is 28.0 Å². The van der Waals surface area contributed by atoms with E-state index >= 15 is 0 Å². The molecule has 1 aliphatic carbocycles. The Morgan fingerprint density at radius 3 is 2.22 bits per heavy atom. The largest absolute Gasteiger partial charge is 0.481 e. The van der Waals surface area contributed by atoms with Gasteiger partial charge in [-0.25, -0.2) is 4.79 Å². The summed E-state index contributed by atoms with van der Waals surface area (Å²) in [5.41, 5.74) is 6.39. The number of rotatable bonds is 7. The minimum atomic E-state index is -0.996. The molecule has 1 atom stereocenters. The smallest absolute Gasteiger partial charge is 0.407 e. The highest BCUT2D eigenvalue weighted by molar-refractivity contribution is 9.10. The number of halogens is 1. The standard InChI is InChI=1S/C26H24BrNO4/c1-2-16-11-12-17(13-23(16)27)24(14-25(29)30)28-26(31)32-15-22-20-9-5-3-7-18(20)19-8-4-6-10-21(19)22/h3-13,22,24H,2,14-15H2,1H3,(H,28,31)(H,29,30). The van der Waals surface area contributed by atoms with Crippen molar-refractivity contribution in [1.29, 1.82) is 0 Å². The molecule has 0 saturated heterocycles. The number of carboxylic acid groups (broad SMARTS) is 1. The predicted octanol–water partition coefficient (Wildman–Crippen LogP) is 6.07. The Balaban J connectivity index is 1.48. The highest BCUT2D eigenvalue weighted by Gasteiger charge is 2.29. The molecule has 0 radical (unpaired) electrons. The first-order valence-corrected chi connectivity index (χ1v) is 11.4.